The summed E-state index contributed by atoms with van der Waals surface area (Å²) < 4.78 is 17.8. The zero-order valence-electron chi connectivity index (χ0n) is 21.7. The van der Waals surface area contributed by atoms with Gasteiger partial charge in [0.25, 0.3) is 0 Å². The Bertz CT molecular complexity index is 1020. The molecule has 7 heteroatoms. The van der Waals surface area contributed by atoms with E-state index >= 15 is 0 Å². The minimum Gasteiger partial charge on any atom is -0.494 e. The molecule has 1 atom stereocenters. The Kier molecular flexibility index (Phi) is 8.19. The number of thiocarbonyl (C=S) groups is 1. The molecule has 0 bridgehead atoms. The van der Waals surface area contributed by atoms with Crippen molar-refractivity contribution in [3.8, 4) is 11.5 Å². The van der Waals surface area contributed by atoms with Gasteiger partial charge >= 0.3 is 0 Å². The van der Waals surface area contributed by atoms with E-state index in [4.69, 9.17) is 26.4 Å². The number of anilines is 1. The number of benzene rings is 2. The molecule has 6 nitrogen and oxygen atoms in total. The van der Waals surface area contributed by atoms with Crippen LogP contribution in [-0.2, 0) is 4.74 Å². The maximum atomic E-state index is 6.38. The number of rotatable bonds is 7. The fourth-order valence-electron chi connectivity index (χ4n) is 5.04. The minimum absolute atomic E-state index is 0.0705. The number of aryl methyl sites for hydroxylation is 2. The molecular weight excluding hydrogens is 458 g/mol. The van der Waals surface area contributed by atoms with Crippen LogP contribution in [0.15, 0.2) is 36.4 Å². The summed E-state index contributed by atoms with van der Waals surface area (Å²) in [5.74, 6) is 1.76. The molecule has 35 heavy (non-hydrogen) atoms. The van der Waals surface area contributed by atoms with Gasteiger partial charge in [0.1, 0.15) is 17.1 Å². The van der Waals surface area contributed by atoms with Crippen molar-refractivity contribution in [2.24, 2.45) is 0 Å². The largest absolute Gasteiger partial charge is 0.494 e. The van der Waals surface area contributed by atoms with Gasteiger partial charge in [-0.15, -0.1) is 0 Å². The Morgan fingerprint density at radius 3 is 2.54 bits per heavy atom. The molecule has 4 rings (SSSR count). The van der Waals surface area contributed by atoms with Crippen molar-refractivity contribution in [2.75, 3.05) is 51.3 Å². The number of nitrogens with zero attached hydrogens (tertiary/aromatic N) is 2. The van der Waals surface area contributed by atoms with E-state index in [2.05, 4.69) is 67.1 Å². The first-order valence-corrected chi connectivity index (χ1v) is 13.1. The van der Waals surface area contributed by atoms with Crippen LogP contribution in [0.2, 0.25) is 0 Å². The van der Waals surface area contributed by atoms with Crippen LogP contribution in [0.25, 0.3) is 0 Å². The predicted molar refractivity (Wildman–Crippen MR) is 146 cm³/mol. The topological polar surface area (TPSA) is 46.2 Å². The average Bonchev–Trinajstić information content (AvgIpc) is 2.79. The predicted octanol–water partition coefficient (Wildman–Crippen LogP) is 5.34. The number of ether oxygens (including phenoxy) is 3. The van der Waals surface area contributed by atoms with E-state index in [-0.39, 0.29) is 11.6 Å². The van der Waals surface area contributed by atoms with Crippen LogP contribution in [0.1, 0.15) is 49.9 Å². The highest BCUT2D eigenvalue weighted by Gasteiger charge is 2.38. The first-order valence-electron chi connectivity index (χ1n) is 12.7. The lowest BCUT2D eigenvalue weighted by molar-refractivity contribution is 0.0266. The van der Waals surface area contributed by atoms with Crippen LogP contribution >= 0.6 is 12.2 Å². The standard InChI is InChI=1S/C28H39N3O3S/c1-6-33-23-7-8-26-24(18-23)25(19-28(4,5)34-26)31(10-9-30-11-13-32-14-12-30)27(35)29-22-16-20(2)15-21(3)17-22/h7-8,15-18,25H,6,9-14,19H2,1-5H3,(H,29,35)/t25-/m0/s1. The molecule has 1 fully saturated rings. The van der Waals surface area contributed by atoms with E-state index in [1.165, 1.54) is 11.1 Å². The van der Waals surface area contributed by atoms with Crippen molar-refractivity contribution in [1.82, 2.24) is 9.80 Å². The maximum absolute atomic E-state index is 6.38. The normalized spacial score (nSPS) is 19.4. The third-order valence-electron chi connectivity index (χ3n) is 6.59. The molecule has 190 valence electrons. The van der Waals surface area contributed by atoms with Crippen molar-refractivity contribution in [3.05, 3.63) is 53.1 Å². The maximum Gasteiger partial charge on any atom is 0.173 e. The summed E-state index contributed by atoms with van der Waals surface area (Å²) in [5, 5.41) is 4.28. The van der Waals surface area contributed by atoms with Crippen LogP contribution < -0.4 is 14.8 Å². The summed E-state index contributed by atoms with van der Waals surface area (Å²) in [6, 6.07) is 12.7. The van der Waals surface area contributed by atoms with Gasteiger partial charge in [-0.3, -0.25) is 4.90 Å². The Morgan fingerprint density at radius 1 is 1.14 bits per heavy atom. The van der Waals surface area contributed by atoms with Crippen molar-refractivity contribution in [3.63, 3.8) is 0 Å². The lowest BCUT2D eigenvalue weighted by Crippen LogP contribution is -2.48. The van der Waals surface area contributed by atoms with E-state index in [0.29, 0.717) is 6.61 Å². The molecule has 0 spiro atoms. The third-order valence-corrected chi connectivity index (χ3v) is 6.93. The van der Waals surface area contributed by atoms with E-state index in [0.717, 1.165) is 73.7 Å². The molecule has 2 heterocycles. The fraction of sp³-hybridized carbons (Fsp3) is 0.536. The van der Waals surface area contributed by atoms with Gasteiger partial charge in [0.2, 0.25) is 0 Å². The van der Waals surface area contributed by atoms with Gasteiger partial charge < -0.3 is 24.4 Å². The second-order valence-corrected chi connectivity index (χ2v) is 10.6. The Labute approximate surface area is 215 Å². The van der Waals surface area contributed by atoms with E-state index in [1.54, 1.807) is 0 Å². The van der Waals surface area contributed by atoms with E-state index in [9.17, 15) is 0 Å². The molecule has 0 radical (unpaired) electrons. The van der Waals surface area contributed by atoms with Gasteiger partial charge in [-0.25, -0.2) is 0 Å². The SMILES string of the molecule is CCOc1ccc2c(c1)[C@@H](N(CCN1CCOCC1)C(=S)Nc1cc(C)cc(C)c1)CC(C)(C)O2. The van der Waals surface area contributed by atoms with E-state index in [1.807, 2.05) is 19.1 Å². The summed E-state index contributed by atoms with van der Waals surface area (Å²) in [6.45, 7) is 16.4. The van der Waals surface area contributed by atoms with Crippen molar-refractivity contribution >= 4 is 23.0 Å². The van der Waals surface area contributed by atoms with Crippen LogP contribution in [0.5, 0.6) is 11.5 Å². The Hall–Kier alpha value is -2.35. The second kappa shape index (κ2) is 11.1. The number of hydrogen-bond acceptors (Lipinski definition) is 5. The highest BCUT2D eigenvalue weighted by Crippen LogP contribution is 2.44. The van der Waals surface area contributed by atoms with Gasteiger partial charge in [0.15, 0.2) is 5.11 Å². The summed E-state index contributed by atoms with van der Waals surface area (Å²) in [6.07, 6.45) is 0.827. The number of nitrogens with one attached hydrogen (secondary N) is 1. The lowest BCUT2D eigenvalue weighted by atomic mass is 9.88. The van der Waals surface area contributed by atoms with Crippen LogP contribution in [0.4, 0.5) is 5.69 Å². The first kappa shape index (κ1) is 25.7. The van der Waals surface area contributed by atoms with Crippen LogP contribution in [0.3, 0.4) is 0 Å². The molecule has 0 aliphatic carbocycles. The summed E-state index contributed by atoms with van der Waals surface area (Å²) in [5.41, 5.74) is 4.28. The zero-order chi connectivity index (χ0) is 25.0. The average molecular weight is 498 g/mol. The summed E-state index contributed by atoms with van der Waals surface area (Å²) in [7, 11) is 0. The quantitative estimate of drug-likeness (QED) is 0.519. The molecule has 2 aliphatic heterocycles. The van der Waals surface area contributed by atoms with Crippen molar-refractivity contribution in [1.29, 1.82) is 0 Å². The van der Waals surface area contributed by atoms with Gasteiger partial charge in [-0.1, -0.05) is 6.07 Å². The third kappa shape index (κ3) is 6.66. The molecule has 2 aromatic carbocycles. The lowest BCUT2D eigenvalue weighted by Gasteiger charge is -2.44. The minimum atomic E-state index is -0.308. The smallest absolute Gasteiger partial charge is 0.173 e. The van der Waals surface area contributed by atoms with E-state index < -0.39 is 0 Å². The molecule has 0 amide bonds. The van der Waals surface area contributed by atoms with Crippen LogP contribution in [0, 0.1) is 13.8 Å². The fourth-order valence-corrected chi connectivity index (χ4v) is 5.38. The molecule has 0 saturated carbocycles. The summed E-state index contributed by atoms with van der Waals surface area (Å²) >= 11 is 6.08. The highest BCUT2D eigenvalue weighted by atomic mass is 32.1. The van der Waals surface area contributed by atoms with Crippen LogP contribution in [-0.4, -0.2) is 66.5 Å². The van der Waals surface area contributed by atoms with Gasteiger partial charge in [-0.2, -0.15) is 0 Å². The number of fused-ring (bicyclic) bond motifs is 1. The first-order chi connectivity index (χ1) is 16.7. The van der Waals surface area contributed by atoms with Crippen molar-refractivity contribution in [2.45, 2.75) is 52.7 Å². The molecular formula is C28H39N3O3S. The van der Waals surface area contributed by atoms with Gasteiger partial charge in [0, 0.05) is 43.9 Å². The highest BCUT2D eigenvalue weighted by molar-refractivity contribution is 7.80. The molecule has 2 aromatic rings. The number of hydrogen-bond donors (Lipinski definition) is 1. The Balaban J connectivity index is 1.66. The van der Waals surface area contributed by atoms with Crippen molar-refractivity contribution < 1.29 is 14.2 Å². The molecule has 1 N–H and O–H groups in total. The van der Waals surface area contributed by atoms with Gasteiger partial charge in [-0.05, 0) is 88.3 Å². The Morgan fingerprint density at radius 2 is 1.86 bits per heavy atom. The molecule has 0 unspecified atom stereocenters. The van der Waals surface area contributed by atoms with Gasteiger partial charge in [0.05, 0.1) is 25.9 Å². The number of morpholine rings is 1. The molecule has 0 aromatic heterocycles. The monoisotopic (exact) mass is 497 g/mol. The molecule has 2 aliphatic rings. The second-order valence-electron chi connectivity index (χ2n) is 10.2. The molecule has 1 saturated heterocycles. The summed E-state index contributed by atoms with van der Waals surface area (Å²) in [4.78, 5) is 4.80. The zero-order valence-corrected chi connectivity index (χ0v) is 22.5.